The minimum absolute atomic E-state index is 0.0504. The molecule has 0 unspecified atom stereocenters. The summed E-state index contributed by atoms with van der Waals surface area (Å²) in [4.78, 5) is 24.3. The molecule has 0 radical (unpaired) electrons. The van der Waals surface area contributed by atoms with Gasteiger partial charge < -0.3 is 14.0 Å². The fourth-order valence-electron chi connectivity index (χ4n) is 2.19. The molecule has 0 spiro atoms. The van der Waals surface area contributed by atoms with Crippen molar-refractivity contribution in [1.82, 2.24) is 4.57 Å². The third-order valence-electron chi connectivity index (χ3n) is 3.12. The zero-order valence-corrected chi connectivity index (χ0v) is 11.8. The van der Waals surface area contributed by atoms with Gasteiger partial charge in [0.1, 0.15) is 11.3 Å². The Hall–Kier alpha value is -2.30. The predicted octanol–water partition coefficient (Wildman–Crippen LogP) is 2.21. The predicted molar refractivity (Wildman–Crippen MR) is 76.4 cm³/mol. The minimum Gasteiger partial charge on any atom is -0.495 e. The fraction of sp³-hybridized carbons (Fsp3) is 0.333. The molecule has 20 heavy (non-hydrogen) atoms. The third kappa shape index (κ3) is 2.27. The summed E-state index contributed by atoms with van der Waals surface area (Å²) in [5, 5.41) is 0.455. The van der Waals surface area contributed by atoms with Gasteiger partial charge in [0.25, 0.3) is 0 Å². The lowest BCUT2D eigenvalue weighted by Crippen LogP contribution is -2.21. The highest BCUT2D eigenvalue weighted by molar-refractivity contribution is 5.95. The van der Waals surface area contributed by atoms with E-state index in [1.165, 1.54) is 6.20 Å². The highest BCUT2D eigenvalue weighted by Gasteiger charge is 2.17. The van der Waals surface area contributed by atoms with E-state index in [0.29, 0.717) is 23.2 Å². The number of carbonyl (C=O) groups excluding carboxylic acids is 1. The molecule has 2 rings (SSSR count). The molecule has 0 saturated carbocycles. The van der Waals surface area contributed by atoms with E-state index in [1.54, 1.807) is 32.2 Å². The quantitative estimate of drug-likeness (QED) is 0.803. The molecule has 5 nitrogen and oxygen atoms in total. The average Bonchev–Trinajstić information content (AvgIpc) is 2.47. The fourth-order valence-corrected chi connectivity index (χ4v) is 2.19. The lowest BCUT2D eigenvalue weighted by Gasteiger charge is -2.13. The number of ether oxygens (including phenoxy) is 2. The normalized spacial score (nSPS) is 10.6. The van der Waals surface area contributed by atoms with Crippen LogP contribution < -0.4 is 10.2 Å². The van der Waals surface area contributed by atoms with E-state index in [4.69, 9.17) is 9.47 Å². The molecule has 0 aliphatic carbocycles. The third-order valence-corrected chi connectivity index (χ3v) is 3.12. The van der Waals surface area contributed by atoms with Crippen LogP contribution in [0.2, 0.25) is 0 Å². The van der Waals surface area contributed by atoms with E-state index in [0.717, 1.165) is 0 Å². The number of methoxy groups -OCH3 is 1. The van der Waals surface area contributed by atoms with Gasteiger partial charge in [-0.25, -0.2) is 4.79 Å². The zero-order chi connectivity index (χ0) is 14.7. The van der Waals surface area contributed by atoms with Crippen molar-refractivity contribution in [3.05, 3.63) is 40.2 Å². The number of benzene rings is 1. The van der Waals surface area contributed by atoms with Gasteiger partial charge in [-0.1, -0.05) is 6.07 Å². The Morgan fingerprint density at radius 1 is 1.30 bits per heavy atom. The number of esters is 1. The number of para-hydroxylation sites is 1. The first kappa shape index (κ1) is 14.1. The van der Waals surface area contributed by atoms with Crippen molar-refractivity contribution in [1.29, 1.82) is 0 Å². The van der Waals surface area contributed by atoms with Gasteiger partial charge in [0, 0.05) is 12.7 Å². The van der Waals surface area contributed by atoms with Crippen molar-refractivity contribution in [3.8, 4) is 5.75 Å². The number of pyridine rings is 1. The van der Waals surface area contributed by atoms with Gasteiger partial charge in [-0.3, -0.25) is 4.79 Å². The SMILES string of the molecule is CCOC(=O)c1cn(CC)c2c(OC)cccc2c1=O. The topological polar surface area (TPSA) is 57.5 Å². The molecular formula is C15H17NO4. The van der Waals surface area contributed by atoms with E-state index in [2.05, 4.69) is 0 Å². The number of nitrogens with zero attached hydrogens (tertiary/aromatic N) is 1. The first-order valence-electron chi connectivity index (χ1n) is 6.51. The Balaban J connectivity index is 2.80. The van der Waals surface area contributed by atoms with Gasteiger partial charge in [-0.15, -0.1) is 0 Å². The maximum Gasteiger partial charge on any atom is 0.343 e. The Morgan fingerprint density at radius 2 is 2.05 bits per heavy atom. The van der Waals surface area contributed by atoms with Crippen LogP contribution in [-0.4, -0.2) is 24.3 Å². The van der Waals surface area contributed by atoms with Crippen LogP contribution in [0.1, 0.15) is 24.2 Å². The highest BCUT2D eigenvalue weighted by Crippen LogP contribution is 2.23. The minimum atomic E-state index is -0.593. The lowest BCUT2D eigenvalue weighted by atomic mass is 10.1. The Bertz CT molecular complexity index is 703. The van der Waals surface area contributed by atoms with Gasteiger partial charge in [-0.2, -0.15) is 0 Å². The van der Waals surface area contributed by atoms with Crippen molar-refractivity contribution in [2.24, 2.45) is 0 Å². The smallest absolute Gasteiger partial charge is 0.343 e. The molecule has 5 heteroatoms. The molecule has 0 bridgehead atoms. The molecule has 0 amide bonds. The van der Waals surface area contributed by atoms with Gasteiger partial charge in [0.15, 0.2) is 0 Å². The Morgan fingerprint density at radius 3 is 2.65 bits per heavy atom. The number of aryl methyl sites for hydroxylation is 1. The molecule has 0 saturated heterocycles. The highest BCUT2D eigenvalue weighted by atomic mass is 16.5. The van der Waals surface area contributed by atoms with Crippen LogP contribution in [0.5, 0.6) is 5.75 Å². The van der Waals surface area contributed by atoms with E-state index in [9.17, 15) is 9.59 Å². The molecule has 0 fully saturated rings. The number of carbonyl (C=O) groups is 1. The number of hydrogen-bond acceptors (Lipinski definition) is 4. The Labute approximate surface area is 116 Å². The Kier molecular flexibility index (Phi) is 4.08. The molecule has 0 aliphatic heterocycles. The van der Waals surface area contributed by atoms with Crippen molar-refractivity contribution >= 4 is 16.9 Å². The number of hydrogen-bond donors (Lipinski definition) is 0. The van der Waals surface area contributed by atoms with Crippen molar-refractivity contribution in [2.45, 2.75) is 20.4 Å². The van der Waals surface area contributed by atoms with Crippen LogP contribution in [0.15, 0.2) is 29.2 Å². The summed E-state index contributed by atoms with van der Waals surface area (Å²) in [7, 11) is 1.55. The summed E-state index contributed by atoms with van der Waals surface area (Å²) in [5.74, 6) is 0.0151. The van der Waals surface area contributed by atoms with Crippen LogP contribution in [-0.2, 0) is 11.3 Å². The van der Waals surface area contributed by atoms with Crippen LogP contribution in [0, 0.1) is 0 Å². The molecule has 0 aliphatic rings. The molecule has 106 valence electrons. The first-order valence-corrected chi connectivity index (χ1v) is 6.51. The molecule has 1 aromatic carbocycles. The van der Waals surface area contributed by atoms with E-state index in [-0.39, 0.29) is 17.6 Å². The summed E-state index contributed by atoms with van der Waals surface area (Å²) in [6.07, 6.45) is 1.53. The molecule has 0 N–H and O–H groups in total. The number of aromatic nitrogens is 1. The first-order chi connectivity index (χ1) is 9.63. The summed E-state index contributed by atoms with van der Waals surface area (Å²) >= 11 is 0. The van der Waals surface area contributed by atoms with Crippen molar-refractivity contribution < 1.29 is 14.3 Å². The van der Waals surface area contributed by atoms with Crippen molar-refractivity contribution in [3.63, 3.8) is 0 Å². The second-order valence-electron chi connectivity index (χ2n) is 4.23. The zero-order valence-electron chi connectivity index (χ0n) is 11.8. The second-order valence-corrected chi connectivity index (χ2v) is 4.23. The average molecular weight is 275 g/mol. The number of rotatable bonds is 4. The van der Waals surface area contributed by atoms with Crippen LogP contribution in [0.25, 0.3) is 10.9 Å². The van der Waals surface area contributed by atoms with Gasteiger partial charge >= 0.3 is 5.97 Å². The van der Waals surface area contributed by atoms with Crippen molar-refractivity contribution in [2.75, 3.05) is 13.7 Å². The summed E-state index contributed by atoms with van der Waals surface area (Å²) in [6.45, 7) is 4.50. The maximum absolute atomic E-state index is 12.4. The standard InChI is InChI=1S/C15H17NO4/c1-4-16-9-11(15(18)20-5-2)14(17)10-7-6-8-12(19-3)13(10)16/h6-9H,4-5H2,1-3H3. The summed E-state index contributed by atoms with van der Waals surface area (Å²) in [5.41, 5.74) is 0.409. The molecular weight excluding hydrogens is 258 g/mol. The van der Waals surface area contributed by atoms with E-state index >= 15 is 0 Å². The second kappa shape index (κ2) is 5.77. The van der Waals surface area contributed by atoms with Crippen LogP contribution >= 0.6 is 0 Å². The summed E-state index contributed by atoms with van der Waals surface area (Å²) in [6, 6.07) is 5.21. The maximum atomic E-state index is 12.4. The lowest BCUT2D eigenvalue weighted by molar-refractivity contribution is 0.0524. The van der Waals surface area contributed by atoms with Gasteiger partial charge in [0.2, 0.25) is 5.43 Å². The van der Waals surface area contributed by atoms with Crippen LogP contribution in [0.3, 0.4) is 0 Å². The largest absolute Gasteiger partial charge is 0.495 e. The monoisotopic (exact) mass is 275 g/mol. The molecule has 1 heterocycles. The van der Waals surface area contributed by atoms with E-state index in [1.807, 2.05) is 11.5 Å². The molecule has 2 aromatic rings. The van der Waals surface area contributed by atoms with Gasteiger partial charge in [-0.05, 0) is 26.0 Å². The van der Waals surface area contributed by atoms with Crippen LogP contribution in [0.4, 0.5) is 0 Å². The number of fused-ring (bicyclic) bond motifs is 1. The molecule has 1 aromatic heterocycles. The molecule has 0 atom stereocenters. The van der Waals surface area contributed by atoms with Gasteiger partial charge in [0.05, 0.1) is 24.6 Å². The van der Waals surface area contributed by atoms with E-state index < -0.39 is 5.97 Å². The summed E-state index contributed by atoms with van der Waals surface area (Å²) < 4.78 is 12.0.